The highest BCUT2D eigenvalue weighted by Gasteiger charge is 2.14. The Morgan fingerprint density at radius 2 is 1.63 bits per heavy atom. The summed E-state index contributed by atoms with van der Waals surface area (Å²) in [4.78, 5) is 12.0. The van der Waals surface area contributed by atoms with E-state index in [0.29, 0.717) is 5.56 Å². The summed E-state index contributed by atoms with van der Waals surface area (Å²) in [6, 6.07) is 16.8. The van der Waals surface area contributed by atoms with Gasteiger partial charge in [0.2, 0.25) is 0 Å². The molecular formula is C17H15NO. The van der Waals surface area contributed by atoms with Gasteiger partial charge in [-0.3, -0.25) is 4.79 Å². The molecule has 2 rings (SSSR count). The largest absolute Gasteiger partial charge is 0.320 e. The van der Waals surface area contributed by atoms with Gasteiger partial charge in [-0.2, -0.15) is 0 Å². The SMILES string of the molecule is C#CCC(N)C(=O)c1ccc(-c2ccccc2)cc1. The van der Waals surface area contributed by atoms with Crippen LogP contribution in [0.1, 0.15) is 16.8 Å². The third-order valence-electron chi connectivity index (χ3n) is 2.95. The Labute approximate surface area is 113 Å². The number of hydrogen-bond acceptors (Lipinski definition) is 2. The van der Waals surface area contributed by atoms with Crippen LogP contribution in [-0.4, -0.2) is 11.8 Å². The monoisotopic (exact) mass is 249 g/mol. The smallest absolute Gasteiger partial charge is 0.180 e. The second kappa shape index (κ2) is 5.99. The third-order valence-corrected chi connectivity index (χ3v) is 2.95. The number of nitrogens with two attached hydrogens (primary N) is 1. The molecule has 0 spiro atoms. The van der Waals surface area contributed by atoms with Gasteiger partial charge in [-0.1, -0.05) is 54.6 Å². The van der Waals surface area contributed by atoms with E-state index < -0.39 is 6.04 Å². The van der Waals surface area contributed by atoms with Crippen molar-refractivity contribution in [3.63, 3.8) is 0 Å². The number of hydrogen-bond donors (Lipinski definition) is 1. The summed E-state index contributed by atoms with van der Waals surface area (Å²) >= 11 is 0. The molecule has 0 bridgehead atoms. The summed E-state index contributed by atoms with van der Waals surface area (Å²) < 4.78 is 0. The minimum atomic E-state index is -0.618. The summed E-state index contributed by atoms with van der Waals surface area (Å²) in [6.07, 6.45) is 5.43. The number of rotatable bonds is 4. The molecule has 1 atom stereocenters. The highest BCUT2D eigenvalue weighted by molar-refractivity contribution is 6.00. The van der Waals surface area contributed by atoms with Crippen LogP contribution in [0.25, 0.3) is 11.1 Å². The molecular weight excluding hydrogens is 234 g/mol. The minimum absolute atomic E-state index is 0.113. The first-order valence-corrected chi connectivity index (χ1v) is 6.11. The van der Waals surface area contributed by atoms with E-state index in [1.54, 1.807) is 12.1 Å². The summed E-state index contributed by atoms with van der Waals surface area (Å²) in [6.45, 7) is 0. The van der Waals surface area contributed by atoms with Crippen molar-refractivity contribution in [1.29, 1.82) is 0 Å². The first-order valence-electron chi connectivity index (χ1n) is 6.11. The molecule has 0 aliphatic rings. The molecule has 0 amide bonds. The van der Waals surface area contributed by atoms with Gasteiger partial charge in [0, 0.05) is 12.0 Å². The van der Waals surface area contributed by atoms with Crippen molar-refractivity contribution in [2.45, 2.75) is 12.5 Å². The van der Waals surface area contributed by atoms with Crippen molar-refractivity contribution in [2.24, 2.45) is 5.73 Å². The normalized spacial score (nSPS) is 11.6. The quantitative estimate of drug-likeness (QED) is 0.668. The van der Waals surface area contributed by atoms with Crippen LogP contribution in [-0.2, 0) is 0 Å². The molecule has 2 N–H and O–H groups in total. The van der Waals surface area contributed by atoms with E-state index >= 15 is 0 Å². The van der Waals surface area contributed by atoms with Gasteiger partial charge < -0.3 is 5.73 Å². The number of benzene rings is 2. The van der Waals surface area contributed by atoms with E-state index in [0.717, 1.165) is 11.1 Å². The van der Waals surface area contributed by atoms with Crippen LogP contribution in [0.5, 0.6) is 0 Å². The first-order chi connectivity index (χ1) is 9.22. The van der Waals surface area contributed by atoms with E-state index in [-0.39, 0.29) is 12.2 Å². The molecule has 19 heavy (non-hydrogen) atoms. The van der Waals surface area contributed by atoms with Gasteiger partial charge in [0.25, 0.3) is 0 Å². The Kier molecular flexibility index (Phi) is 4.12. The number of terminal acetylenes is 1. The maximum absolute atomic E-state index is 12.0. The molecule has 0 radical (unpaired) electrons. The number of carbonyl (C=O) groups excluding carboxylic acids is 1. The molecule has 1 unspecified atom stereocenters. The molecule has 0 aliphatic carbocycles. The molecule has 0 aromatic heterocycles. The van der Waals surface area contributed by atoms with Gasteiger partial charge in [-0.25, -0.2) is 0 Å². The highest BCUT2D eigenvalue weighted by atomic mass is 16.1. The number of Topliss-reactive ketones (excluding diaryl/α,β-unsaturated/α-hetero) is 1. The lowest BCUT2D eigenvalue weighted by Gasteiger charge is -2.08. The second-order valence-corrected chi connectivity index (χ2v) is 4.32. The van der Waals surface area contributed by atoms with E-state index in [4.69, 9.17) is 12.2 Å². The lowest BCUT2D eigenvalue weighted by atomic mass is 9.99. The van der Waals surface area contributed by atoms with Gasteiger partial charge in [0.15, 0.2) is 5.78 Å². The fourth-order valence-electron chi connectivity index (χ4n) is 1.89. The number of ketones is 1. The van der Waals surface area contributed by atoms with E-state index in [1.165, 1.54) is 0 Å². The lowest BCUT2D eigenvalue weighted by molar-refractivity contribution is 0.0963. The molecule has 0 fully saturated rings. The average molecular weight is 249 g/mol. The lowest BCUT2D eigenvalue weighted by Crippen LogP contribution is -2.29. The molecule has 0 heterocycles. The Morgan fingerprint density at radius 3 is 2.21 bits per heavy atom. The second-order valence-electron chi connectivity index (χ2n) is 4.32. The Morgan fingerprint density at radius 1 is 1.05 bits per heavy atom. The standard InChI is InChI=1S/C17H15NO/c1-2-6-16(18)17(19)15-11-9-14(10-12-15)13-7-4-3-5-8-13/h1,3-5,7-12,16H,6,18H2. The summed E-state index contributed by atoms with van der Waals surface area (Å²) in [5.74, 6) is 2.30. The van der Waals surface area contributed by atoms with Crippen molar-refractivity contribution in [3.05, 3.63) is 60.2 Å². The van der Waals surface area contributed by atoms with Crippen LogP contribution < -0.4 is 5.73 Å². The Balaban J connectivity index is 2.20. The van der Waals surface area contributed by atoms with Crippen LogP contribution in [0.4, 0.5) is 0 Å². The predicted molar refractivity (Wildman–Crippen MR) is 77.6 cm³/mol. The van der Waals surface area contributed by atoms with Crippen LogP contribution in [0.2, 0.25) is 0 Å². The summed E-state index contributed by atoms with van der Waals surface area (Å²) in [5.41, 5.74) is 8.51. The fraction of sp³-hybridized carbons (Fsp3) is 0.118. The van der Waals surface area contributed by atoms with Crippen molar-refractivity contribution < 1.29 is 4.79 Å². The zero-order chi connectivity index (χ0) is 13.7. The zero-order valence-electron chi connectivity index (χ0n) is 10.5. The molecule has 94 valence electrons. The topological polar surface area (TPSA) is 43.1 Å². The highest BCUT2D eigenvalue weighted by Crippen LogP contribution is 2.19. The molecule has 2 heteroatoms. The van der Waals surface area contributed by atoms with Gasteiger partial charge in [-0.05, 0) is 11.1 Å². The summed E-state index contributed by atoms with van der Waals surface area (Å²) in [5, 5.41) is 0. The summed E-state index contributed by atoms with van der Waals surface area (Å²) in [7, 11) is 0. The van der Waals surface area contributed by atoms with Crippen molar-refractivity contribution in [3.8, 4) is 23.5 Å². The van der Waals surface area contributed by atoms with Crippen molar-refractivity contribution in [1.82, 2.24) is 0 Å². The molecule has 2 nitrogen and oxygen atoms in total. The zero-order valence-corrected chi connectivity index (χ0v) is 10.5. The molecule has 0 saturated heterocycles. The fourth-order valence-corrected chi connectivity index (χ4v) is 1.89. The minimum Gasteiger partial charge on any atom is -0.320 e. The van der Waals surface area contributed by atoms with E-state index in [2.05, 4.69) is 5.92 Å². The maximum atomic E-state index is 12.0. The predicted octanol–water partition coefficient (Wildman–Crippen LogP) is 2.89. The molecule has 0 aliphatic heterocycles. The maximum Gasteiger partial charge on any atom is 0.180 e. The first kappa shape index (κ1) is 13.1. The van der Waals surface area contributed by atoms with Crippen LogP contribution in [0.3, 0.4) is 0 Å². The van der Waals surface area contributed by atoms with E-state index in [1.807, 2.05) is 42.5 Å². The molecule has 2 aromatic rings. The van der Waals surface area contributed by atoms with Gasteiger partial charge >= 0.3 is 0 Å². The van der Waals surface area contributed by atoms with E-state index in [9.17, 15) is 4.79 Å². The Bertz CT molecular complexity index is 593. The third kappa shape index (κ3) is 3.09. The average Bonchev–Trinajstić information content (AvgIpc) is 2.48. The van der Waals surface area contributed by atoms with Crippen LogP contribution in [0, 0.1) is 12.3 Å². The molecule has 0 saturated carbocycles. The molecule has 2 aromatic carbocycles. The van der Waals surface area contributed by atoms with Crippen molar-refractivity contribution in [2.75, 3.05) is 0 Å². The van der Waals surface area contributed by atoms with Gasteiger partial charge in [0.1, 0.15) is 0 Å². The van der Waals surface area contributed by atoms with Gasteiger partial charge in [0.05, 0.1) is 6.04 Å². The van der Waals surface area contributed by atoms with Crippen LogP contribution >= 0.6 is 0 Å². The van der Waals surface area contributed by atoms with Gasteiger partial charge in [-0.15, -0.1) is 12.3 Å². The van der Waals surface area contributed by atoms with Crippen LogP contribution in [0.15, 0.2) is 54.6 Å². The Hall–Kier alpha value is -2.37. The number of carbonyl (C=O) groups is 1. The van der Waals surface area contributed by atoms with Crippen molar-refractivity contribution >= 4 is 5.78 Å².